The molecule has 0 unspecified atom stereocenters. The lowest BCUT2D eigenvalue weighted by Crippen LogP contribution is -2.49. The molecule has 0 aliphatic rings. The highest BCUT2D eigenvalue weighted by Gasteiger charge is 2.20. The molecule has 1 aromatic rings. The first-order chi connectivity index (χ1) is 10.5. The number of urea groups is 2. The van der Waals surface area contributed by atoms with Gasteiger partial charge in [0.25, 0.3) is 0 Å². The van der Waals surface area contributed by atoms with Gasteiger partial charge >= 0.3 is 12.1 Å². The lowest BCUT2D eigenvalue weighted by Gasteiger charge is -2.21. The van der Waals surface area contributed by atoms with Gasteiger partial charge in [0.2, 0.25) is 5.91 Å². The second-order valence-electron chi connectivity index (χ2n) is 4.84. The second kappa shape index (κ2) is 8.81. The van der Waals surface area contributed by atoms with Crippen LogP contribution in [0.2, 0.25) is 0 Å². The maximum absolute atomic E-state index is 12.1. The third kappa shape index (κ3) is 4.87. The van der Waals surface area contributed by atoms with Gasteiger partial charge in [-0.2, -0.15) is 0 Å². The van der Waals surface area contributed by atoms with Gasteiger partial charge < -0.3 is 0 Å². The van der Waals surface area contributed by atoms with Crippen molar-refractivity contribution in [2.24, 2.45) is 5.92 Å². The van der Waals surface area contributed by atoms with Crippen molar-refractivity contribution in [2.75, 3.05) is 11.4 Å². The molecule has 5 amide bonds. The summed E-state index contributed by atoms with van der Waals surface area (Å²) in [6.07, 6.45) is 1.29. The molecule has 0 bridgehead atoms. The fourth-order valence-electron chi connectivity index (χ4n) is 2.12. The molecule has 0 saturated heterocycles. The average Bonchev–Trinajstić information content (AvgIpc) is 2.50. The highest BCUT2D eigenvalue weighted by molar-refractivity contribution is 6.06. The van der Waals surface area contributed by atoms with Crippen molar-refractivity contribution in [1.29, 1.82) is 0 Å². The van der Waals surface area contributed by atoms with Crippen LogP contribution in [-0.2, 0) is 4.79 Å². The molecule has 6 nitrogen and oxygen atoms in total. The van der Waals surface area contributed by atoms with Crippen LogP contribution in [0.3, 0.4) is 0 Å². The van der Waals surface area contributed by atoms with E-state index in [2.05, 4.69) is 10.6 Å². The van der Waals surface area contributed by atoms with Gasteiger partial charge in [-0.15, -0.1) is 0 Å². The summed E-state index contributed by atoms with van der Waals surface area (Å²) in [4.78, 5) is 37.1. The lowest BCUT2D eigenvalue weighted by atomic mass is 10.0. The maximum Gasteiger partial charge on any atom is 0.329 e. The Hall–Kier alpha value is -2.37. The number of amides is 5. The lowest BCUT2D eigenvalue weighted by molar-refractivity contribution is -0.124. The standard InChI is InChI=1S/C16H23N3O3/c1-4-12(5-2)14(20)17-15(21)18-16(22)19(6-3)13-10-8-7-9-11-13/h7-12H,4-6H2,1-3H3,(H2,17,18,20,21,22). The van der Waals surface area contributed by atoms with Crippen LogP contribution in [0, 0.1) is 5.92 Å². The summed E-state index contributed by atoms with van der Waals surface area (Å²) in [6, 6.07) is 7.65. The van der Waals surface area contributed by atoms with Gasteiger partial charge in [0, 0.05) is 18.2 Å². The predicted molar refractivity (Wildman–Crippen MR) is 85.6 cm³/mol. The number of hydrogen-bond acceptors (Lipinski definition) is 3. The van der Waals surface area contributed by atoms with Gasteiger partial charge in [-0.25, -0.2) is 9.59 Å². The number of nitrogens with zero attached hydrogens (tertiary/aromatic N) is 1. The van der Waals surface area contributed by atoms with Crippen LogP contribution in [0.5, 0.6) is 0 Å². The zero-order chi connectivity index (χ0) is 16.5. The number of benzene rings is 1. The van der Waals surface area contributed by atoms with E-state index in [1.54, 1.807) is 19.1 Å². The number of carbonyl (C=O) groups is 3. The van der Waals surface area contributed by atoms with Gasteiger partial charge in [0.1, 0.15) is 0 Å². The van der Waals surface area contributed by atoms with Crippen LogP contribution in [0.25, 0.3) is 0 Å². The number of hydrogen-bond donors (Lipinski definition) is 2. The molecule has 0 atom stereocenters. The first-order valence-corrected chi connectivity index (χ1v) is 7.51. The number of imide groups is 2. The van der Waals surface area contributed by atoms with Gasteiger partial charge in [-0.05, 0) is 31.9 Å². The molecular formula is C16H23N3O3. The summed E-state index contributed by atoms with van der Waals surface area (Å²) in [7, 11) is 0. The summed E-state index contributed by atoms with van der Waals surface area (Å²) in [5.41, 5.74) is 0.682. The van der Waals surface area contributed by atoms with Crippen LogP contribution in [-0.4, -0.2) is 24.5 Å². The van der Waals surface area contributed by atoms with Crippen molar-refractivity contribution in [3.63, 3.8) is 0 Å². The number of rotatable bonds is 5. The van der Waals surface area contributed by atoms with Crippen molar-refractivity contribution in [3.8, 4) is 0 Å². The minimum absolute atomic E-state index is 0.225. The molecule has 2 N–H and O–H groups in total. The Morgan fingerprint density at radius 3 is 2.09 bits per heavy atom. The van der Waals surface area contributed by atoms with Gasteiger partial charge in [0.15, 0.2) is 0 Å². The molecule has 0 radical (unpaired) electrons. The van der Waals surface area contributed by atoms with Crippen molar-refractivity contribution in [1.82, 2.24) is 10.6 Å². The van der Waals surface area contributed by atoms with Gasteiger partial charge in [0.05, 0.1) is 0 Å². The fraction of sp³-hybridized carbons (Fsp3) is 0.438. The molecule has 1 aromatic carbocycles. The van der Waals surface area contributed by atoms with Crippen molar-refractivity contribution < 1.29 is 14.4 Å². The average molecular weight is 305 g/mol. The van der Waals surface area contributed by atoms with E-state index in [4.69, 9.17) is 0 Å². The summed E-state index contributed by atoms with van der Waals surface area (Å²) in [6.45, 7) is 5.97. The Bertz CT molecular complexity index is 513. The monoisotopic (exact) mass is 305 g/mol. The summed E-state index contributed by atoms with van der Waals surface area (Å²) in [5, 5.41) is 4.39. The molecule has 1 rings (SSSR count). The normalized spacial score (nSPS) is 10.2. The van der Waals surface area contributed by atoms with E-state index >= 15 is 0 Å². The minimum Gasteiger partial charge on any atom is -0.294 e. The number of anilines is 1. The first kappa shape index (κ1) is 17.7. The van der Waals surface area contributed by atoms with Crippen LogP contribution in [0.4, 0.5) is 15.3 Å². The second-order valence-corrected chi connectivity index (χ2v) is 4.84. The third-order valence-electron chi connectivity index (χ3n) is 3.44. The van der Waals surface area contributed by atoms with Crippen LogP contribution < -0.4 is 15.5 Å². The molecule has 0 heterocycles. The van der Waals surface area contributed by atoms with E-state index in [0.29, 0.717) is 25.1 Å². The number of nitrogens with one attached hydrogen (secondary N) is 2. The van der Waals surface area contributed by atoms with Crippen molar-refractivity contribution in [3.05, 3.63) is 30.3 Å². The Labute approximate surface area is 130 Å². The van der Waals surface area contributed by atoms with Crippen LogP contribution in [0.1, 0.15) is 33.6 Å². The van der Waals surface area contributed by atoms with E-state index < -0.39 is 12.1 Å². The zero-order valence-electron chi connectivity index (χ0n) is 13.3. The van der Waals surface area contributed by atoms with E-state index in [9.17, 15) is 14.4 Å². The smallest absolute Gasteiger partial charge is 0.294 e. The first-order valence-electron chi connectivity index (χ1n) is 7.51. The summed E-state index contributed by atoms with van der Waals surface area (Å²) in [5.74, 6) is -0.588. The highest BCUT2D eigenvalue weighted by Crippen LogP contribution is 2.12. The molecular weight excluding hydrogens is 282 g/mol. The third-order valence-corrected chi connectivity index (χ3v) is 3.44. The van der Waals surface area contributed by atoms with E-state index in [1.165, 1.54) is 4.90 Å². The van der Waals surface area contributed by atoms with Gasteiger partial charge in [-0.1, -0.05) is 32.0 Å². The highest BCUT2D eigenvalue weighted by atomic mass is 16.2. The molecule has 0 fully saturated rings. The molecule has 6 heteroatoms. The van der Waals surface area contributed by atoms with Crippen molar-refractivity contribution >= 4 is 23.7 Å². The van der Waals surface area contributed by atoms with E-state index in [0.717, 1.165) is 0 Å². The largest absolute Gasteiger partial charge is 0.329 e. The zero-order valence-corrected chi connectivity index (χ0v) is 13.3. The van der Waals surface area contributed by atoms with Crippen LogP contribution >= 0.6 is 0 Å². The molecule has 22 heavy (non-hydrogen) atoms. The Balaban J connectivity index is 2.63. The summed E-state index contributed by atoms with van der Waals surface area (Å²) < 4.78 is 0. The number of para-hydroxylation sites is 1. The fourth-order valence-corrected chi connectivity index (χ4v) is 2.12. The molecule has 0 aliphatic heterocycles. The molecule has 0 aromatic heterocycles. The molecule has 120 valence electrons. The number of carbonyl (C=O) groups excluding carboxylic acids is 3. The Morgan fingerprint density at radius 2 is 1.59 bits per heavy atom. The maximum atomic E-state index is 12.1. The molecule has 0 aliphatic carbocycles. The Kier molecular flexibility index (Phi) is 7.08. The van der Waals surface area contributed by atoms with E-state index in [1.807, 2.05) is 32.0 Å². The predicted octanol–water partition coefficient (Wildman–Crippen LogP) is 2.89. The molecule has 0 spiro atoms. The topological polar surface area (TPSA) is 78.5 Å². The van der Waals surface area contributed by atoms with Gasteiger partial charge in [-0.3, -0.25) is 20.3 Å². The van der Waals surface area contributed by atoms with Crippen molar-refractivity contribution in [2.45, 2.75) is 33.6 Å². The Morgan fingerprint density at radius 1 is 1.00 bits per heavy atom. The van der Waals surface area contributed by atoms with Crippen LogP contribution in [0.15, 0.2) is 30.3 Å². The van der Waals surface area contributed by atoms with E-state index in [-0.39, 0.29) is 11.8 Å². The minimum atomic E-state index is -0.795. The molecule has 0 saturated carbocycles. The quantitative estimate of drug-likeness (QED) is 0.878. The SMILES string of the molecule is CCC(CC)C(=O)NC(=O)NC(=O)N(CC)c1ccccc1. The summed E-state index contributed by atoms with van der Waals surface area (Å²) >= 11 is 0.